The summed E-state index contributed by atoms with van der Waals surface area (Å²) >= 11 is 0. The normalized spacial score (nSPS) is 12.0. The van der Waals surface area contributed by atoms with E-state index in [1.165, 1.54) is 4.31 Å². The highest BCUT2D eigenvalue weighted by Gasteiger charge is 2.33. The second-order valence-electron chi connectivity index (χ2n) is 10.6. The molecule has 2 amide bonds. The van der Waals surface area contributed by atoms with Crippen LogP contribution in [0.1, 0.15) is 55.4 Å². The standard InChI is InChI=1S/C33H43N3O4S/c1-6-8-19-34-33(38)31(7-2)35(20-18-28-12-10-9-11-13-28)32(37)24-36(29-22-26(4)21-27(5)23-29)41(39,40)30-16-14-25(3)15-17-30/h9-17,21-23,31H,6-8,18-20,24H2,1-5H3,(H,34,38)/t31-/m0/s1. The van der Waals surface area contributed by atoms with E-state index >= 15 is 0 Å². The zero-order valence-corrected chi connectivity index (χ0v) is 25.7. The molecule has 0 aliphatic heterocycles. The van der Waals surface area contributed by atoms with Gasteiger partial charge < -0.3 is 10.2 Å². The number of hydrogen-bond acceptors (Lipinski definition) is 4. The fraction of sp³-hybridized carbons (Fsp3) is 0.394. The van der Waals surface area contributed by atoms with E-state index in [-0.39, 0.29) is 17.3 Å². The number of sulfonamides is 1. The van der Waals surface area contributed by atoms with E-state index in [2.05, 4.69) is 12.2 Å². The highest BCUT2D eigenvalue weighted by molar-refractivity contribution is 7.92. The summed E-state index contributed by atoms with van der Waals surface area (Å²) in [6.07, 6.45) is 2.73. The van der Waals surface area contributed by atoms with E-state index in [4.69, 9.17) is 0 Å². The number of amides is 2. The summed E-state index contributed by atoms with van der Waals surface area (Å²) in [7, 11) is -4.09. The summed E-state index contributed by atoms with van der Waals surface area (Å²) in [5, 5.41) is 2.96. The largest absolute Gasteiger partial charge is 0.354 e. The molecule has 0 saturated heterocycles. The first-order valence-corrected chi connectivity index (χ1v) is 15.8. The summed E-state index contributed by atoms with van der Waals surface area (Å²) in [6, 6.07) is 21.2. The molecule has 3 aromatic carbocycles. The summed E-state index contributed by atoms with van der Waals surface area (Å²) in [5.74, 6) is -0.644. The number of anilines is 1. The molecule has 1 atom stereocenters. The first kappa shape index (κ1) is 31.9. The third kappa shape index (κ3) is 8.67. The SMILES string of the molecule is CCCCNC(=O)[C@H](CC)N(CCc1ccccc1)C(=O)CN(c1cc(C)cc(C)c1)S(=O)(=O)c1ccc(C)cc1. The Hall–Kier alpha value is -3.65. The number of nitrogens with one attached hydrogen (secondary N) is 1. The van der Waals surface area contributed by atoms with Crippen LogP contribution in [0.5, 0.6) is 0 Å². The molecule has 0 bridgehead atoms. The van der Waals surface area contributed by atoms with E-state index in [1.54, 1.807) is 41.3 Å². The van der Waals surface area contributed by atoms with Crippen LogP contribution in [0.2, 0.25) is 0 Å². The van der Waals surface area contributed by atoms with E-state index in [0.29, 0.717) is 25.1 Å². The van der Waals surface area contributed by atoms with Gasteiger partial charge in [0.2, 0.25) is 11.8 Å². The molecule has 0 unspecified atom stereocenters. The number of benzene rings is 3. The van der Waals surface area contributed by atoms with Crippen LogP contribution >= 0.6 is 0 Å². The van der Waals surface area contributed by atoms with Crippen molar-refractivity contribution in [3.8, 4) is 0 Å². The minimum atomic E-state index is -4.09. The molecule has 0 aliphatic carbocycles. The second-order valence-corrected chi connectivity index (χ2v) is 12.4. The average molecular weight is 578 g/mol. The monoisotopic (exact) mass is 577 g/mol. The van der Waals surface area contributed by atoms with Gasteiger partial charge in [-0.25, -0.2) is 8.42 Å². The molecule has 0 aromatic heterocycles. The van der Waals surface area contributed by atoms with Crippen LogP contribution < -0.4 is 9.62 Å². The number of unbranched alkanes of at least 4 members (excludes halogenated alkanes) is 1. The molecule has 220 valence electrons. The maximum Gasteiger partial charge on any atom is 0.264 e. The summed E-state index contributed by atoms with van der Waals surface area (Å²) in [5.41, 5.74) is 4.16. The van der Waals surface area contributed by atoms with Gasteiger partial charge in [0.05, 0.1) is 10.6 Å². The molecule has 3 rings (SSSR count). The smallest absolute Gasteiger partial charge is 0.264 e. The van der Waals surface area contributed by atoms with Crippen LogP contribution in [-0.4, -0.2) is 50.8 Å². The third-order valence-corrected chi connectivity index (χ3v) is 8.87. The van der Waals surface area contributed by atoms with Crippen molar-refractivity contribution in [2.24, 2.45) is 0 Å². The van der Waals surface area contributed by atoms with Gasteiger partial charge in [-0.3, -0.25) is 13.9 Å². The molecule has 0 heterocycles. The van der Waals surface area contributed by atoms with Gasteiger partial charge in [-0.2, -0.15) is 0 Å². The Balaban J connectivity index is 2.01. The van der Waals surface area contributed by atoms with Crippen LogP contribution in [-0.2, 0) is 26.0 Å². The molecule has 0 saturated carbocycles. The quantitative estimate of drug-likeness (QED) is 0.254. The summed E-state index contributed by atoms with van der Waals surface area (Å²) in [4.78, 5) is 29.0. The zero-order valence-electron chi connectivity index (χ0n) is 24.9. The van der Waals surface area contributed by atoms with Crippen molar-refractivity contribution in [3.05, 3.63) is 95.1 Å². The predicted molar refractivity (Wildman–Crippen MR) is 165 cm³/mol. The van der Waals surface area contributed by atoms with Crippen LogP contribution in [0.25, 0.3) is 0 Å². The lowest BCUT2D eigenvalue weighted by Crippen LogP contribution is -2.53. The minimum absolute atomic E-state index is 0.107. The van der Waals surface area contributed by atoms with E-state index in [9.17, 15) is 18.0 Å². The highest BCUT2D eigenvalue weighted by Crippen LogP contribution is 2.27. The molecule has 41 heavy (non-hydrogen) atoms. The highest BCUT2D eigenvalue weighted by atomic mass is 32.2. The predicted octanol–water partition coefficient (Wildman–Crippen LogP) is 5.57. The number of rotatable bonds is 14. The van der Waals surface area contributed by atoms with Gasteiger partial charge in [0.25, 0.3) is 10.0 Å². The third-order valence-electron chi connectivity index (χ3n) is 7.08. The van der Waals surface area contributed by atoms with Gasteiger partial charge in [-0.15, -0.1) is 0 Å². The molecule has 1 N–H and O–H groups in total. The lowest BCUT2D eigenvalue weighted by atomic mass is 10.1. The van der Waals surface area contributed by atoms with Crippen LogP contribution in [0.3, 0.4) is 0 Å². The fourth-order valence-electron chi connectivity index (χ4n) is 4.86. The fourth-order valence-corrected chi connectivity index (χ4v) is 6.26. The van der Waals surface area contributed by atoms with Crippen molar-refractivity contribution in [2.75, 3.05) is 23.9 Å². The van der Waals surface area contributed by atoms with Crippen LogP contribution in [0, 0.1) is 20.8 Å². The molecular weight excluding hydrogens is 534 g/mol. The van der Waals surface area contributed by atoms with Crippen molar-refractivity contribution >= 4 is 27.5 Å². The molecule has 8 heteroatoms. The summed E-state index contributed by atoms with van der Waals surface area (Å²) in [6.45, 7) is 10.0. The number of hydrogen-bond donors (Lipinski definition) is 1. The first-order chi connectivity index (χ1) is 19.6. The van der Waals surface area contributed by atoms with Crippen molar-refractivity contribution < 1.29 is 18.0 Å². The minimum Gasteiger partial charge on any atom is -0.354 e. The molecule has 7 nitrogen and oxygen atoms in total. The van der Waals surface area contributed by atoms with Crippen molar-refractivity contribution in [1.82, 2.24) is 10.2 Å². The Kier molecular flexibility index (Phi) is 11.5. The lowest BCUT2D eigenvalue weighted by Gasteiger charge is -2.33. The Morgan fingerprint density at radius 1 is 0.854 bits per heavy atom. The van der Waals surface area contributed by atoms with Gasteiger partial charge in [-0.1, -0.05) is 74.4 Å². The number of aryl methyl sites for hydroxylation is 3. The zero-order chi connectivity index (χ0) is 30.0. The molecule has 0 radical (unpaired) electrons. The van der Waals surface area contributed by atoms with Crippen molar-refractivity contribution in [1.29, 1.82) is 0 Å². The van der Waals surface area contributed by atoms with Gasteiger partial charge >= 0.3 is 0 Å². The molecular formula is C33H43N3O4S. The second kappa shape index (κ2) is 14.8. The Bertz CT molecular complexity index is 1390. The van der Waals surface area contributed by atoms with Crippen LogP contribution in [0.15, 0.2) is 77.7 Å². The van der Waals surface area contributed by atoms with Gasteiger partial charge in [0, 0.05) is 13.1 Å². The number of nitrogens with zero attached hydrogens (tertiary/aromatic N) is 2. The number of carbonyl (C=O) groups is 2. The first-order valence-electron chi connectivity index (χ1n) is 14.4. The molecule has 0 fully saturated rings. The molecule has 3 aromatic rings. The van der Waals surface area contributed by atoms with Crippen LogP contribution in [0.4, 0.5) is 5.69 Å². The van der Waals surface area contributed by atoms with Crippen molar-refractivity contribution in [2.45, 2.75) is 71.2 Å². The average Bonchev–Trinajstić information content (AvgIpc) is 2.94. The maximum absolute atomic E-state index is 14.1. The number of carbonyl (C=O) groups excluding carboxylic acids is 2. The van der Waals surface area contributed by atoms with Gasteiger partial charge in [-0.05, 0) is 81.0 Å². The van der Waals surface area contributed by atoms with Gasteiger partial charge in [0.1, 0.15) is 12.6 Å². The van der Waals surface area contributed by atoms with E-state index in [1.807, 2.05) is 64.1 Å². The Morgan fingerprint density at radius 3 is 2.07 bits per heavy atom. The maximum atomic E-state index is 14.1. The molecule has 0 spiro atoms. The lowest BCUT2D eigenvalue weighted by molar-refractivity contribution is -0.139. The summed E-state index contributed by atoms with van der Waals surface area (Å²) < 4.78 is 29.2. The topological polar surface area (TPSA) is 86.8 Å². The Labute approximate surface area is 245 Å². The van der Waals surface area contributed by atoms with E-state index in [0.717, 1.165) is 35.1 Å². The van der Waals surface area contributed by atoms with Gasteiger partial charge in [0.15, 0.2) is 0 Å². The molecule has 0 aliphatic rings. The van der Waals surface area contributed by atoms with Crippen molar-refractivity contribution in [3.63, 3.8) is 0 Å². The van der Waals surface area contributed by atoms with E-state index < -0.39 is 28.5 Å². The Morgan fingerprint density at radius 2 is 1.49 bits per heavy atom.